The van der Waals surface area contributed by atoms with Crippen molar-refractivity contribution in [2.45, 2.75) is 76.9 Å². The quantitative estimate of drug-likeness (QED) is 0.135. The maximum Gasteiger partial charge on any atom is 1.00 e. The number of nitrogens with zero attached hydrogens (tertiary/aromatic N) is 1. The number of fused-ring (bicyclic) bond motifs is 2. The minimum atomic E-state index is -5.24. The van der Waals surface area contributed by atoms with Crippen LogP contribution in [0.5, 0.6) is 0 Å². The molecule has 0 spiro atoms. The van der Waals surface area contributed by atoms with Crippen molar-refractivity contribution in [3.8, 4) is 0 Å². The molecule has 13 nitrogen and oxygen atoms in total. The molecule has 0 bridgehead atoms. The van der Waals surface area contributed by atoms with Crippen molar-refractivity contribution >= 4 is 44.6 Å². The summed E-state index contributed by atoms with van der Waals surface area (Å²) in [6.45, 7) is 8.51. The van der Waals surface area contributed by atoms with E-state index in [4.69, 9.17) is 0 Å². The molecule has 15 heteroatoms. The number of benzene rings is 1. The van der Waals surface area contributed by atoms with Gasteiger partial charge in [-0.05, 0) is 61.0 Å². The minimum absolute atomic E-state index is 0. The first-order chi connectivity index (χ1) is 21.1. The predicted molar refractivity (Wildman–Crippen MR) is 163 cm³/mol. The summed E-state index contributed by atoms with van der Waals surface area (Å²) in [6.07, 6.45) is 1.08. The summed E-state index contributed by atoms with van der Waals surface area (Å²) in [5.74, 6) is -2.94. The van der Waals surface area contributed by atoms with E-state index in [-0.39, 0.29) is 71.6 Å². The first-order valence-corrected chi connectivity index (χ1v) is 17.0. The number of piperidine rings is 2. The number of aliphatic hydroxyl groups is 1. The average Bonchev–Trinajstić information content (AvgIpc) is 3.34. The number of rotatable bonds is 11. The van der Waals surface area contributed by atoms with Crippen LogP contribution in [0.4, 0.5) is 0 Å². The van der Waals surface area contributed by atoms with Gasteiger partial charge in [0.1, 0.15) is 27.9 Å². The molecule has 2 aliphatic heterocycles. The second-order valence-corrected chi connectivity index (χ2v) is 15.1. The first-order valence-electron chi connectivity index (χ1n) is 15.5. The van der Waals surface area contributed by atoms with Crippen molar-refractivity contribution < 1.29 is 66.8 Å². The van der Waals surface area contributed by atoms with Crippen LogP contribution in [0.2, 0.25) is 0 Å². The Labute approximate surface area is 291 Å². The van der Waals surface area contributed by atoms with E-state index < -0.39 is 57.3 Å². The zero-order valence-electron chi connectivity index (χ0n) is 26.9. The Morgan fingerprint density at radius 1 is 1.17 bits per heavy atom. The smallest absolute Gasteiger partial charge is 0.746 e. The molecule has 2 saturated heterocycles. The molecule has 4 amide bonds. The van der Waals surface area contributed by atoms with Crippen LogP contribution in [0, 0.1) is 29.1 Å². The molecule has 1 aromatic heterocycles. The second-order valence-electron chi connectivity index (χ2n) is 13.7. The Hall–Kier alpha value is -2.49. The molecule has 5 rings (SSSR count). The van der Waals surface area contributed by atoms with Crippen LogP contribution in [0.25, 0.3) is 10.9 Å². The van der Waals surface area contributed by atoms with Crippen LogP contribution in [-0.4, -0.2) is 88.2 Å². The fourth-order valence-corrected chi connectivity index (χ4v) is 7.80. The molecule has 246 valence electrons. The Morgan fingerprint density at radius 3 is 2.50 bits per heavy atom. The monoisotopic (exact) mass is 667 g/mol. The molecule has 3 aliphatic rings. The van der Waals surface area contributed by atoms with Gasteiger partial charge in [0.2, 0.25) is 17.7 Å². The van der Waals surface area contributed by atoms with E-state index in [0.717, 1.165) is 10.9 Å². The first kappa shape index (κ1) is 36.3. The van der Waals surface area contributed by atoms with E-state index in [9.17, 15) is 37.3 Å². The normalized spacial score (nSPS) is 25.5. The Morgan fingerprint density at radius 2 is 1.87 bits per heavy atom. The maximum absolute atomic E-state index is 14.1. The molecular formula is C31H42N5NaO8S. The molecule has 1 aromatic carbocycles. The topological polar surface area (TPSA) is 201 Å². The summed E-state index contributed by atoms with van der Waals surface area (Å²) in [6, 6.07) is 5.57. The van der Waals surface area contributed by atoms with E-state index >= 15 is 0 Å². The van der Waals surface area contributed by atoms with Gasteiger partial charge in [0.15, 0.2) is 5.44 Å². The van der Waals surface area contributed by atoms with Crippen LogP contribution >= 0.6 is 0 Å². The summed E-state index contributed by atoms with van der Waals surface area (Å²) in [5, 5.41) is 19.4. The van der Waals surface area contributed by atoms with Gasteiger partial charge in [0.05, 0.1) is 6.04 Å². The van der Waals surface area contributed by atoms with Crippen molar-refractivity contribution in [1.82, 2.24) is 25.8 Å². The predicted octanol–water partition coefficient (Wildman–Crippen LogP) is -1.94. The third-order valence-corrected chi connectivity index (χ3v) is 10.7. The number of para-hydroxylation sites is 1. The van der Waals surface area contributed by atoms with Gasteiger partial charge < -0.3 is 35.5 Å². The van der Waals surface area contributed by atoms with Crippen LogP contribution in [0.1, 0.15) is 63.9 Å². The van der Waals surface area contributed by atoms with E-state index in [1.165, 1.54) is 4.90 Å². The number of H-pyrrole nitrogens is 1. The van der Waals surface area contributed by atoms with Gasteiger partial charge in [0.25, 0.3) is 5.91 Å². The summed E-state index contributed by atoms with van der Waals surface area (Å²) < 4.78 is 35.6. The van der Waals surface area contributed by atoms with Gasteiger partial charge in [-0.3, -0.25) is 19.2 Å². The molecule has 0 radical (unpaired) electrons. The van der Waals surface area contributed by atoms with Crippen molar-refractivity contribution in [2.75, 3.05) is 13.1 Å². The molecule has 1 saturated carbocycles. The number of carbonyl (C=O) groups is 4. The van der Waals surface area contributed by atoms with Gasteiger partial charge in [-0.1, -0.05) is 45.9 Å². The number of amides is 4. The number of likely N-dealkylation sites (tertiary alicyclic amines) is 1. The van der Waals surface area contributed by atoms with Gasteiger partial charge in [-0.2, -0.15) is 0 Å². The molecule has 1 aliphatic carbocycles. The molecule has 2 aromatic rings. The number of nitrogens with one attached hydrogen (secondary N) is 4. The minimum Gasteiger partial charge on any atom is -0.746 e. The number of hydrogen-bond acceptors (Lipinski definition) is 8. The molecule has 46 heavy (non-hydrogen) atoms. The summed E-state index contributed by atoms with van der Waals surface area (Å²) >= 11 is 0. The van der Waals surface area contributed by atoms with Crippen LogP contribution in [0.3, 0.4) is 0 Å². The zero-order chi connectivity index (χ0) is 32.8. The number of aromatic nitrogens is 1. The Kier molecular flexibility index (Phi) is 11.0. The van der Waals surface area contributed by atoms with E-state index in [0.29, 0.717) is 31.5 Å². The zero-order valence-corrected chi connectivity index (χ0v) is 29.7. The van der Waals surface area contributed by atoms with Gasteiger partial charge in [-0.25, -0.2) is 8.42 Å². The molecule has 1 unspecified atom stereocenters. The van der Waals surface area contributed by atoms with E-state index in [1.807, 2.05) is 52.0 Å². The van der Waals surface area contributed by atoms with Crippen molar-refractivity contribution in [1.29, 1.82) is 0 Å². The third kappa shape index (κ3) is 7.47. The standard InChI is InChI=1S/C31H43N5O8S.Na/c1-16(2)12-22(34-27(38)21-13-17-8-5-6-10-20(17)33-21)29(40)36-15-19-24(31(19,3)4)25(36)28(39)35-23(30(41)45(42,43)44)14-18-9-7-11-32-26(18)37;/h5-6,8,10,13,16,18-19,22-25,30,33,41H,7,9,11-12,14-15H2,1-4H3,(H,32,37)(H,34,38)(H,35,39)(H,42,43,44);/q;+1/p-1/t18-,19-,22-,23-,24-,25-,30?;/m0./s1. The largest absolute Gasteiger partial charge is 1.00 e. The van der Waals surface area contributed by atoms with Crippen LogP contribution in [-0.2, 0) is 24.5 Å². The van der Waals surface area contributed by atoms with Crippen LogP contribution < -0.4 is 45.5 Å². The van der Waals surface area contributed by atoms with Crippen molar-refractivity contribution in [3.63, 3.8) is 0 Å². The molecule has 5 N–H and O–H groups in total. The van der Waals surface area contributed by atoms with Gasteiger partial charge >= 0.3 is 29.6 Å². The number of aliphatic hydroxyl groups excluding tert-OH is 1. The molecule has 3 heterocycles. The fourth-order valence-electron chi connectivity index (χ4n) is 7.22. The third-order valence-electron chi connectivity index (χ3n) is 9.75. The molecule has 3 fully saturated rings. The van der Waals surface area contributed by atoms with Gasteiger partial charge in [0, 0.05) is 29.9 Å². The molecular weight excluding hydrogens is 625 g/mol. The summed E-state index contributed by atoms with van der Waals surface area (Å²) in [7, 11) is -5.24. The second kappa shape index (κ2) is 13.9. The number of hydrogen-bond donors (Lipinski definition) is 5. The summed E-state index contributed by atoms with van der Waals surface area (Å²) in [4.78, 5) is 58.3. The van der Waals surface area contributed by atoms with Crippen molar-refractivity contribution in [2.24, 2.45) is 29.1 Å². The maximum atomic E-state index is 14.1. The average molecular weight is 668 g/mol. The number of aromatic amines is 1. The Bertz CT molecular complexity index is 1560. The summed E-state index contributed by atoms with van der Waals surface area (Å²) in [5.41, 5.74) is -1.70. The van der Waals surface area contributed by atoms with E-state index in [1.54, 1.807) is 6.07 Å². The Balaban J connectivity index is 0.00000480. The fraction of sp³-hybridized carbons (Fsp3) is 0.613. The number of carbonyl (C=O) groups excluding carboxylic acids is 4. The molecule has 7 atom stereocenters. The van der Waals surface area contributed by atoms with Gasteiger partial charge in [-0.15, -0.1) is 0 Å². The SMILES string of the molecule is CC(C)C[C@H](NC(=O)c1cc2ccccc2[nH]1)C(=O)N1C[C@H]2[C@@H]([C@H]1C(=O)N[C@@H](C[C@@H]1CCCNC1=O)C(O)S(=O)(=O)[O-])C2(C)C.[Na+]. The van der Waals surface area contributed by atoms with E-state index in [2.05, 4.69) is 20.9 Å². The van der Waals surface area contributed by atoms with Crippen LogP contribution in [0.15, 0.2) is 30.3 Å². The van der Waals surface area contributed by atoms with Crippen molar-refractivity contribution in [3.05, 3.63) is 36.0 Å².